The van der Waals surface area contributed by atoms with Crippen LogP contribution in [0.4, 0.5) is 0 Å². The summed E-state index contributed by atoms with van der Waals surface area (Å²) >= 11 is 11.7. The van der Waals surface area contributed by atoms with E-state index in [2.05, 4.69) is 0 Å². The smallest absolute Gasteiger partial charge is 0.350 e. The molecular formula is C16H12Cl2O2. The van der Waals surface area contributed by atoms with Gasteiger partial charge in [-0.1, -0.05) is 65.7 Å². The molecule has 0 saturated heterocycles. The van der Waals surface area contributed by atoms with Crippen LogP contribution >= 0.6 is 23.2 Å². The largest absolute Gasteiger partial charge is 0.457 e. The van der Waals surface area contributed by atoms with Crippen molar-refractivity contribution in [3.63, 3.8) is 0 Å². The molecule has 102 valence electrons. The molecule has 0 amide bonds. The fraction of sp³-hybridized carbons (Fsp3) is 0.0625. The van der Waals surface area contributed by atoms with Gasteiger partial charge in [0, 0.05) is 5.02 Å². The highest BCUT2D eigenvalue weighted by Gasteiger charge is 2.08. The molecule has 0 unspecified atom stereocenters. The molecule has 2 aromatic carbocycles. The number of hydrogen-bond donors (Lipinski definition) is 0. The van der Waals surface area contributed by atoms with Gasteiger partial charge in [-0.05, 0) is 29.3 Å². The minimum absolute atomic E-state index is 0.0308. The van der Waals surface area contributed by atoms with Crippen LogP contribution < -0.4 is 0 Å². The molecule has 0 heterocycles. The van der Waals surface area contributed by atoms with Crippen molar-refractivity contribution >= 4 is 35.2 Å². The van der Waals surface area contributed by atoms with Gasteiger partial charge in [0.25, 0.3) is 0 Å². The lowest BCUT2D eigenvalue weighted by atomic mass is 10.2. The molecular weight excluding hydrogens is 295 g/mol. The molecule has 0 aromatic heterocycles. The normalized spacial score (nSPS) is 11.2. The predicted octanol–water partition coefficient (Wildman–Crippen LogP) is 4.66. The van der Waals surface area contributed by atoms with Crippen LogP contribution in [0, 0.1) is 0 Å². The molecule has 0 bridgehead atoms. The standard InChI is InChI=1S/C16H12Cl2O2/c17-14-8-6-12(7-9-14)10-15(18)16(19)20-11-13-4-2-1-3-5-13/h1-10H,11H2/b15-10-. The summed E-state index contributed by atoms with van der Waals surface area (Å²) in [5.74, 6) is -0.550. The van der Waals surface area contributed by atoms with Crippen LogP contribution in [-0.4, -0.2) is 5.97 Å². The number of ether oxygens (including phenoxy) is 1. The van der Waals surface area contributed by atoms with E-state index in [-0.39, 0.29) is 11.6 Å². The lowest BCUT2D eigenvalue weighted by Gasteiger charge is -2.04. The van der Waals surface area contributed by atoms with E-state index < -0.39 is 5.97 Å². The van der Waals surface area contributed by atoms with Crippen molar-refractivity contribution in [1.82, 2.24) is 0 Å². The number of rotatable bonds is 4. The Morgan fingerprint density at radius 2 is 1.70 bits per heavy atom. The lowest BCUT2D eigenvalue weighted by molar-refractivity contribution is -0.139. The topological polar surface area (TPSA) is 26.3 Å². The van der Waals surface area contributed by atoms with Gasteiger partial charge in [-0.3, -0.25) is 0 Å². The Bertz CT molecular complexity index is 604. The van der Waals surface area contributed by atoms with E-state index in [1.807, 2.05) is 30.3 Å². The summed E-state index contributed by atoms with van der Waals surface area (Å²) in [4.78, 5) is 11.7. The maximum atomic E-state index is 11.7. The molecule has 0 fully saturated rings. The number of carbonyl (C=O) groups is 1. The Labute approximate surface area is 127 Å². The summed E-state index contributed by atoms with van der Waals surface area (Å²) < 4.78 is 5.12. The molecule has 4 heteroatoms. The molecule has 0 radical (unpaired) electrons. The second kappa shape index (κ2) is 7.13. The van der Waals surface area contributed by atoms with E-state index in [1.165, 1.54) is 0 Å². The maximum Gasteiger partial charge on any atom is 0.350 e. The van der Waals surface area contributed by atoms with Gasteiger partial charge in [-0.2, -0.15) is 0 Å². The number of benzene rings is 2. The van der Waals surface area contributed by atoms with E-state index in [0.717, 1.165) is 11.1 Å². The van der Waals surface area contributed by atoms with Crippen molar-refractivity contribution in [2.75, 3.05) is 0 Å². The zero-order valence-electron chi connectivity index (χ0n) is 10.6. The third-order valence-electron chi connectivity index (χ3n) is 2.57. The highest BCUT2D eigenvalue weighted by Crippen LogP contribution is 2.15. The highest BCUT2D eigenvalue weighted by molar-refractivity contribution is 6.43. The molecule has 2 rings (SSSR count). The Hall–Kier alpha value is -1.77. The molecule has 20 heavy (non-hydrogen) atoms. The second-order valence-electron chi connectivity index (χ2n) is 4.11. The number of esters is 1. The van der Waals surface area contributed by atoms with Gasteiger partial charge < -0.3 is 4.74 Å². The van der Waals surface area contributed by atoms with Gasteiger partial charge in [-0.25, -0.2) is 4.79 Å². The van der Waals surface area contributed by atoms with E-state index in [4.69, 9.17) is 27.9 Å². The van der Waals surface area contributed by atoms with Crippen molar-refractivity contribution < 1.29 is 9.53 Å². The predicted molar refractivity (Wildman–Crippen MR) is 81.5 cm³/mol. The quantitative estimate of drug-likeness (QED) is 0.606. The number of carbonyl (C=O) groups excluding carboxylic acids is 1. The van der Waals surface area contributed by atoms with Crippen molar-refractivity contribution in [3.8, 4) is 0 Å². The van der Waals surface area contributed by atoms with Gasteiger partial charge in [0.1, 0.15) is 11.6 Å². The fourth-order valence-corrected chi connectivity index (χ4v) is 1.86. The van der Waals surface area contributed by atoms with Gasteiger partial charge in [-0.15, -0.1) is 0 Å². The first kappa shape index (κ1) is 14.6. The first-order valence-corrected chi connectivity index (χ1v) is 6.74. The van der Waals surface area contributed by atoms with Crippen LogP contribution in [0.1, 0.15) is 11.1 Å². The Morgan fingerprint density at radius 3 is 2.35 bits per heavy atom. The first-order chi connectivity index (χ1) is 9.65. The van der Waals surface area contributed by atoms with Gasteiger partial charge in [0.15, 0.2) is 0 Å². The number of hydrogen-bond acceptors (Lipinski definition) is 2. The van der Waals surface area contributed by atoms with Crippen molar-refractivity contribution in [2.45, 2.75) is 6.61 Å². The molecule has 0 aliphatic heterocycles. The summed E-state index contributed by atoms with van der Waals surface area (Å²) in [6.07, 6.45) is 1.55. The lowest BCUT2D eigenvalue weighted by Crippen LogP contribution is -2.04. The zero-order chi connectivity index (χ0) is 14.4. The third-order valence-corrected chi connectivity index (χ3v) is 3.09. The SMILES string of the molecule is O=C(OCc1ccccc1)/C(Cl)=C/c1ccc(Cl)cc1. The molecule has 0 aliphatic rings. The summed E-state index contributed by atoms with van der Waals surface area (Å²) in [7, 11) is 0. The third kappa shape index (κ3) is 4.41. The van der Waals surface area contributed by atoms with Crippen LogP contribution in [-0.2, 0) is 16.1 Å². The summed E-state index contributed by atoms with van der Waals surface area (Å²) in [5, 5.41) is 0.660. The monoisotopic (exact) mass is 306 g/mol. The average molecular weight is 307 g/mol. The first-order valence-electron chi connectivity index (χ1n) is 5.99. The van der Waals surface area contributed by atoms with Gasteiger partial charge >= 0.3 is 5.97 Å². The van der Waals surface area contributed by atoms with Crippen LogP contribution in [0.3, 0.4) is 0 Å². The van der Waals surface area contributed by atoms with Gasteiger partial charge in [0.05, 0.1) is 0 Å². The minimum atomic E-state index is -0.550. The molecule has 2 nitrogen and oxygen atoms in total. The molecule has 0 aliphatic carbocycles. The average Bonchev–Trinajstić information content (AvgIpc) is 2.48. The van der Waals surface area contributed by atoms with Crippen LogP contribution in [0.15, 0.2) is 59.6 Å². The van der Waals surface area contributed by atoms with Crippen LogP contribution in [0.2, 0.25) is 5.02 Å². The van der Waals surface area contributed by atoms with E-state index >= 15 is 0 Å². The van der Waals surface area contributed by atoms with E-state index in [0.29, 0.717) is 5.02 Å². The summed E-state index contributed by atoms with van der Waals surface area (Å²) in [6.45, 7) is 0.199. The summed E-state index contributed by atoms with van der Waals surface area (Å²) in [5.41, 5.74) is 1.70. The second-order valence-corrected chi connectivity index (χ2v) is 4.95. The highest BCUT2D eigenvalue weighted by atomic mass is 35.5. The van der Waals surface area contributed by atoms with E-state index in [1.54, 1.807) is 30.3 Å². The zero-order valence-corrected chi connectivity index (χ0v) is 12.1. The molecule has 0 saturated carbocycles. The Kier molecular flexibility index (Phi) is 5.22. The Balaban J connectivity index is 1.96. The van der Waals surface area contributed by atoms with Crippen LogP contribution in [0.5, 0.6) is 0 Å². The van der Waals surface area contributed by atoms with Crippen molar-refractivity contribution in [3.05, 3.63) is 75.8 Å². The van der Waals surface area contributed by atoms with Crippen molar-refractivity contribution in [2.24, 2.45) is 0 Å². The Morgan fingerprint density at radius 1 is 1.05 bits per heavy atom. The fourth-order valence-electron chi connectivity index (χ4n) is 1.56. The van der Waals surface area contributed by atoms with Crippen LogP contribution in [0.25, 0.3) is 6.08 Å². The molecule has 0 atom stereocenters. The van der Waals surface area contributed by atoms with Crippen molar-refractivity contribution in [1.29, 1.82) is 0 Å². The molecule has 2 aromatic rings. The maximum absolute atomic E-state index is 11.7. The minimum Gasteiger partial charge on any atom is -0.457 e. The molecule has 0 spiro atoms. The summed E-state index contributed by atoms with van der Waals surface area (Å²) in [6, 6.07) is 16.4. The molecule has 0 N–H and O–H groups in total. The number of halogens is 2. The van der Waals surface area contributed by atoms with Gasteiger partial charge in [0.2, 0.25) is 0 Å². The van der Waals surface area contributed by atoms with E-state index in [9.17, 15) is 4.79 Å².